The van der Waals surface area contributed by atoms with E-state index in [1.165, 1.54) is 12.8 Å². The Balaban J connectivity index is 0.00000245. The molecule has 4 N–H and O–H groups in total. The Morgan fingerprint density at radius 1 is 1.34 bits per heavy atom. The van der Waals surface area contributed by atoms with Crippen LogP contribution < -0.4 is 20.3 Å². The first-order valence-corrected chi connectivity index (χ1v) is 10.2. The van der Waals surface area contributed by atoms with Gasteiger partial charge in [0.15, 0.2) is 5.75 Å². The smallest absolute Gasteiger partial charge is 0.504 e. The van der Waals surface area contributed by atoms with E-state index in [2.05, 4.69) is 32.6 Å². The predicted octanol–water partition coefficient (Wildman–Crippen LogP) is 3.29. The van der Waals surface area contributed by atoms with Crippen LogP contribution in [0.1, 0.15) is 31.0 Å². The maximum absolute atomic E-state index is 12.4. The molecule has 1 saturated carbocycles. The van der Waals surface area contributed by atoms with Crippen molar-refractivity contribution in [3.05, 3.63) is 39.8 Å². The van der Waals surface area contributed by atoms with Crippen LogP contribution in [0.25, 0.3) is 22.2 Å². The number of carbonyl (C=O) groups is 1. The number of rotatable bonds is 4. The zero-order valence-corrected chi connectivity index (χ0v) is 18.5. The second-order valence-corrected chi connectivity index (χ2v) is 8.47. The zero-order valence-electron chi connectivity index (χ0n) is 17.7. The van der Waals surface area contributed by atoms with E-state index in [0.717, 1.165) is 23.1 Å². The van der Waals surface area contributed by atoms with Gasteiger partial charge in [0.1, 0.15) is 5.75 Å². The monoisotopic (exact) mass is 461 g/mol. The molecule has 5 rings (SSSR count). The molecule has 1 fully saturated rings. The molecule has 0 bridgehead atoms. The quantitative estimate of drug-likeness (QED) is 0.439. The summed E-state index contributed by atoms with van der Waals surface area (Å²) in [6.45, 7) is 3.22. The van der Waals surface area contributed by atoms with Crippen LogP contribution in [0.5, 0.6) is 17.2 Å². The summed E-state index contributed by atoms with van der Waals surface area (Å²) in [4.78, 5) is 26.0. The summed E-state index contributed by atoms with van der Waals surface area (Å²) in [5.74, 6) is -0.520. The molecule has 0 spiro atoms. The molecule has 0 unspecified atom stereocenters. The van der Waals surface area contributed by atoms with E-state index < -0.39 is 23.2 Å². The van der Waals surface area contributed by atoms with Gasteiger partial charge in [0, 0.05) is 53.8 Å². The largest absolute Gasteiger partial charge is 0.511 e. The number of aryl methyl sites for hydroxylation is 1. The normalized spacial score (nSPS) is 15.7. The average molecular weight is 462 g/mol. The molecule has 2 aliphatic rings. The van der Waals surface area contributed by atoms with Gasteiger partial charge in [-0.3, -0.25) is 4.79 Å². The fourth-order valence-corrected chi connectivity index (χ4v) is 4.10. The maximum Gasteiger partial charge on any atom is 0.511 e. The number of pyridine rings is 1. The van der Waals surface area contributed by atoms with E-state index in [9.17, 15) is 14.7 Å². The molecule has 3 heterocycles. The standard InChI is InChI=1S/C22H23N3O6.ClH/c1-22(4-5-22)23-10-12-7-11-8-14-16(9-15(11)25(12)2)30-6-3-13-17(14)24-20(27)19(18(13)26)31-21(28)29;/h7-9,23H,3-6,10H2,1-2H3,(H,28,29)(H2,24,26,27);1H. The van der Waals surface area contributed by atoms with Crippen LogP contribution in [-0.4, -0.2) is 38.1 Å². The molecule has 0 atom stereocenters. The maximum atomic E-state index is 12.4. The molecule has 3 aromatic rings. The topological polar surface area (TPSA) is 126 Å². The van der Waals surface area contributed by atoms with Crippen molar-refractivity contribution in [2.45, 2.75) is 38.3 Å². The molecule has 170 valence electrons. The van der Waals surface area contributed by atoms with Crippen LogP contribution in [0.2, 0.25) is 0 Å². The Bertz CT molecular complexity index is 1290. The molecule has 0 saturated heterocycles. The molecule has 1 aromatic carbocycles. The molecule has 0 amide bonds. The number of carboxylic acid groups (broad SMARTS) is 1. The van der Waals surface area contributed by atoms with Gasteiger partial charge in [0.2, 0.25) is 5.75 Å². The zero-order chi connectivity index (χ0) is 21.9. The lowest BCUT2D eigenvalue weighted by molar-refractivity contribution is 0.142. The van der Waals surface area contributed by atoms with Gasteiger partial charge in [-0.1, -0.05) is 0 Å². The summed E-state index contributed by atoms with van der Waals surface area (Å²) in [5, 5.41) is 24.0. The van der Waals surface area contributed by atoms with Crippen molar-refractivity contribution in [2.75, 3.05) is 6.61 Å². The van der Waals surface area contributed by atoms with Crippen molar-refractivity contribution in [1.82, 2.24) is 14.9 Å². The van der Waals surface area contributed by atoms with Gasteiger partial charge in [-0.25, -0.2) is 4.79 Å². The highest BCUT2D eigenvalue weighted by Crippen LogP contribution is 2.42. The number of H-pyrrole nitrogens is 1. The number of fused-ring (bicyclic) bond motifs is 4. The highest BCUT2D eigenvalue weighted by molar-refractivity contribution is 5.90. The summed E-state index contributed by atoms with van der Waals surface area (Å²) in [7, 11) is 2.01. The van der Waals surface area contributed by atoms with E-state index in [1.54, 1.807) is 0 Å². The van der Waals surface area contributed by atoms with E-state index in [4.69, 9.17) is 9.84 Å². The fourth-order valence-electron chi connectivity index (χ4n) is 4.10. The lowest BCUT2D eigenvalue weighted by atomic mass is 10.0. The third-order valence-corrected chi connectivity index (χ3v) is 6.26. The summed E-state index contributed by atoms with van der Waals surface area (Å²) in [5.41, 5.74) is 2.96. The van der Waals surface area contributed by atoms with Crippen molar-refractivity contribution in [2.24, 2.45) is 7.05 Å². The Hall–Kier alpha value is -3.17. The van der Waals surface area contributed by atoms with Gasteiger partial charge < -0.3 is 34.6 Å². The number of aromatic amines is 1. The molecule has 1 aliphatic heterocycles. The third-order valence-electron chi connectivity index (χ3n) is 6.26. The van der Waals surface area contributed by atoms with Crippen molar-refractivity contribution >= 4 is 29.5 Å². The van der Waals surface area contributed by atoms with Crippen LogP contribution >= 0.6 is 12.4 Å². The van der Waals surface area contributed by atoms with Gasteiger partial charge in [-0.2, -0.15) is 0 Å². The van der Waals surface area contributed by atoms with E-state index >= 15 is 0 Å². The molecule has 0 radical (unpaired) electrons. The number of benzene rings is 1. The van der Waals surface area contributed by atoms with Crippen molar-refractivity contribution in [3.63, 3.8) is 0 Å². The second-order valence-electron chi connectivity index (χ2n) is 8.47. The van der Waals surface area contributed by atoms with Crippen LogP contribution in [0, 0.1) is 0 Å². The lowest BCUT2D eigenvalue weighted by Gasteiger charge is -2.13. The Labute approximate surface area is 189 Å². The van der Waals surface area contributed by atoms with Gasteiger partial charge in [0.05, 0.1) is 17.8 Å². The predicted molar refractivity (Wildman–Crippen MR) is 120 cm³/mol. The molecular formula is C22H24ClN3O6. The second kappa shape index (κ2) is 7.75. The minimum atomic E-state index is -1.67. The van der Waals surface area contributed by atoms with Crippen LogP contribution in [-0.2, 0) is 20.0 Å². The van der Waals surface area contributed by atoms with E-state index in [-0.39, 0.29) is 31.0 Å². The average Bonchev–Trinajstić information content (AvgIpc) is 3.42. The molecule has 9 nitrogen and oxygen atoms in total. The number of hydrogen-bond donors (Lipinski definition) is 4. The van der Waals surface area contributed by atoms with Crippen LogP contribution in [0.15, 0.2) is 23.0 Å². The van der Waals surface area contributed by atoms with E-state index in [0.29, 0.717) is 22.6 Å². The van der Waals surface area contributed by atoms with Gasteiger partial charge in [0.25, 0.3) is 5.56 Å². The molecule has 2 aromatic heterocycles. The first kappa shape index (κ1) is 22.0. The first-order chi connectivity index (χ1) is 14.8. The third kappa shape index (κ3) is 3.67. The summed E-state index contributed by atoms with van der Waals surface area (Å²) >= 11 is 0. The lowest BCUT2D eigenvalue weighted by Crippen LogP contribution is -2.27. The molecular weight excluding hydrogens is 438 g/mol. The van der Waals surface area contributed by atoms with Crippen molar-refractivity contribution in [1.29, 1.82) is 0 Å². The van der Waals surface area contributed by atoms with Gasteiger partial charge in [-0.05, 0) is 31.9 Å². The SMILES string of the molecule is Cl.Cn1c(CNC2(C)CC2)cc2cc3c(cc21)OCCc1c-3[nH]c(=O)c(OC(=O)O)c1O. The minimum Gasteiger partial charge on any atom is -0.504 e. The minimum absolute atomic E-state index is 0. The Morgan fingerprint density at radius 2 is 2.09 bits per heavy atom. The van der Waals surface area contributed by atoms with Crippen molar-refractivity contribution in [3.8, 4) is 28.5 Å². The number of ether oxygens (including phenoxy) is 2. The van der Waals surface area contributed by atoms with Crippen LogP contribution in [0.4, 0.5) is 4.79 Å². The fraction of sp³-hybridized carbons (Fsp3) is 0.364. The van der Waals surface area contributed by atoms with E-state index in [1.807, 2.05) is 19.2 Å². The number of hydrogen-bond acceptors (Lipinski definition) is 6. The number of aromatic hydroxyl groups is 1. The molecule has 10 heteroatoms. The van der Waals surface area contributed by atoms with Gasteiger partial charge >= 0.3 is 6.16 Å². The number of aromatic nitrogens is 2. The molecule has 32 heavy (non-hydrogen) atoms. The number of halogens is 1. The Morgan fingerprint density at radius 3 is 2.78 bits per heavy atom. The summed E-state index contributed by atoms with van der Waals surface area (Å²) in [6, 6.07) is 5.95. The number of nitrogens with zero attached hydrogens (tertiary/aromatic N) is 1. The molecule has 1 aliphatic carbocycles. The number of nitrogens with one attached hydrogen (secondary N) is 2. The van der Waals surface area contributed by atoms with Gasteiger partial charge in [-0.15, -0.1) is 12.4 Å². The van der Waals surface area contributed by atoms with Crippen molar-refractivity contribution < 1.29 is 24.5 Å². The van der Waals surface area contributed by atoms with Crippen LogP contribution in [0.3, 0.4) is 0 Å². The first-order valence-electron chi connectivity index (χ1n) is 10.2. The Kier molecular flexibility index (Phi) is 5.34. The highest BCUT2D eigenvalue weighted by atomic mass is 35.5. The highest BCUT2D eigenvalue weighted by Gasteiger charge is 2.36. The summed E-state index contributed by atoms with van der Waals surface area (Å²) < 4.78 is 12.5. The summed E-state index contributed by atoms with van der Waals surface area (Å²) in [6.07, 6.45) is 0.978.